The molecule has 2 aromatic rings. The molecule has 0 aliphatic heterocycles. The van der Waals surface area contributed by atoms with E-state index in [4.69, 9.17) is 4.74 Å². The van der Waals surface area contributed by atoms with Gasteiger partial charge in [0.05, 0.1) is 7.11 Å². The fourth-order valence-electron chi connectivity index (χ4n) is 2.38. The average Bonchev–Trinajstić information content (AvgIpc) is 2.57. The lowest BCUT2D eigenvalue weighted by atomic mass is 10.1. The van der Waals surface area contributed by atoms with Gasteiger partial charge >= 0.3 is 6.61 Å². The first kappa shape index (κ1) is 19.5. The van der Waals surface area contributed by atoms with Crippen LogP contribution in [0.2, 0.25) is 0 Å². The molecule has 2 rings (SSSR count). The third kappa shape index (κ3) is 5.08. The van der Waals surface area contributed by atoms with Gasteiger partial charge in [0.1, 0.15) is 6.04 Å². The van der Waals surface area contributed by atoms with Gasteiger partial charge in [0, 0.05) is 17.4 Å². The summed E-state index contributed by atoms with van der Waals surface area (Å²) in [4.78, 5) is 12.4. The Morgan fingerprint density at radius 1 is 1.08 bits per heavy atom. The molecular weight excluding hydrogens is 342 g/mol. The lowest BCUT2D eigenvalue weighted by Crippen LogP contribution is -2.32. The number of nitrogens with one attached hydrogen (secondary N) is 2. The number of aryl methyl sites for hydroxylation is 2. The summed E-state index contributed by atoms with van der Waals surface area (Å²) in [5.41, 5.74) is 3.19. The van der Waals surface area contributed by atoms with Crippen LogP contribution >= 0.6 is 0 Å². The van der Waals surface area contributed by atoms with Crippen LogP contribution in [0, 0.1) is 13.8 Å². The molecule has 0 aliphatic carbocycles. The monoisotopic (exact) mass is 364 g/mol. The van der Waals surface area contributed by atoms with Crippen molar-refractivity contribution >= 4 is 17.3 Å². The number of carbonyl (C=O) groups excluding carboxylic acids is 1. The summed E-state index contributed by atoms with van der Waals surface area (Å²) < 4.78 is 34.5. The van der Waals surface area contributed by atoms with Gasteiger partial charge < -0.3 is 20.1 Å². The molecule has 26 heavy (non-hydrogen) atoms. The maximum atomic E-state index is 12.5. The standard InChI is InChI=1S/C19H22F2N2O3/c1-11-5-6-12(2)15(9-11)23-18(24)13(3)22-14-7-8-16(25-4)17(10-14)26-19(20)21/h5-10,13,19,22H,1-4H3,(H,23,24). The van der Waals surface area contributed by atoms with Gasteiger partial charge in [-0.3, -0.25) is 4.79 Å². The van der Waals surface area contributed by atoms with Crippen molar-refractivity contribution in [3.8, 4) is 11.5 Å². The summed E-state index contributed by atoms with van der Waals surface area (Å²) in [7, 11) is 1.36. The number of carbonyl (C=O) groups is 1. The summed E-state index contributed by atoms with van der Waals surface area (Å²) in [6, 6.07) is 9.68. The number of ether oxygens (including phenoxy) is 2. The number of halogens is 2. The van der Waals surface area contributed by atoms with Crippen LogP contribution in [-0.4, -0.2) is 25.7 Å². The molecule has 7 heteroatoms. The fraction of sp³-hybridized carbons (Fsp3) is 0.316. The molecule has 2 N–H and O–H groups in total. The molecule has 0 aromatic heterocycles. The van der Waals surface area contributed by atoms with Crippen molar-refractivity contribution in [2.45, 2.75) is 33.4 Å². The molecule has 1 atom stereocenters. The largest absolute Gasteiger partial charge is 0.493 e. The Morgan fingerprint density at radius 2 is 1.81 bits per heavy atom. The van der Waals surface area contributed by atoms with E-state index in [1.807, 2.05) is 32.0 Å². The molecule has 0 radical (unpaired) electrons. The molecule has 0 heterocycles. The Balaban J connectivity index is 2.09. The van der Waals surface area contributed by atoms with Crippen LogP contribution in [0.15, 0.2) is 36.4 Å². The van der Waals surface area contributed by atoms with Crippen molar-refractivity contribution < 1.29 is 23.0 Å². The van der Waals surface area contributed by atoms with E-state index in [1.165, 1.54) is 19.2 Å². The molecule has 0 spiro atoms. The lowest BCUT2D eigenvalue weighted by molar-refractivity contribution is -0.116. The van der Waals surface area contributed by atoms with Crippen LogP contribution in [0.25, 0.3) is 0 Å². The Hall–Kier alpha value is -2.83. The number of anilines is 2. The third-order valence-corrected chi connectivity index (χ3v) is 3.81. The molecule has 0 saturated heterocycles. The second-order valence-electron chi connectivity index (χ2n) is 5.92. The highest BCUT2D eigenvalue weighted by Gasteiger charge is 2.16. The van der Waals surface area contributed by atoms with E-state index >= 15 is 0 Å². The molecule has 1 unspecified atom stereocenters. The summed E-state index contributed by atoms with van der Waals surface area (Å²) in [5, 5.41) is 5.83. The highest BCUT2D eigenvalue weighted by Crippen LogP contribution is 2.31. The first-order chi connectivity index (χ1) is 12.3. The first-order valence-corrected chi connectivity index (χ1v) is 8.07. The summed E-state index contributed by atoms with van der Waals surface area (Å²) in [6.07, 6.45) is 0. The predicted octanol–water partition coefficient (Wildman–Crippen LogP) is 4.35. The van der Waals surface area contributed by atoms with Crippen LogP contribution in [0.1, 0.15) is 18.1 Å². The maximum absolute atomic E-state index is 12.5. The zero-order valence-electron chi connectivity index (χ0n) is 15.1. The summed E-state index contributed by atoms with van der Waals surface area (Å²) in [5.74, 6) is -0.163. The van der Waals surface area contributed by atoms with Crippen LogP contribution in [0.3, 0.4) is 0 Å². The number of rotatable bonds is 7. The second-order valence-corrected chi connectivity index (χ2v) is 5.92. The number of alkyl halides is 2. The van der Waals surface area contributed by atoms with Gasteiger partial charge in [-0.1, -0.05) is 12.1 Å². The Kier molecular flexibility index (Phi) is 6.38. The number of methoxy groups -OCH3 is 1. The molecule has 0 fully saturated rings. The van der Waals surface area contributed by atoms with Gasteiger partial charge in [-0.25, -0.2) is 0 Å². The minimum Gasteiger partial charge on any atom is -0.493 e. The van der Waals surface area contributed by atoms with Crippen LogP contribution < -0.4 is 20.1 Å². The van der Waals surface area contributed by atoms with Gasteiger partial charge in [0.15, 0.2) is 11.5 Å². The number of hydrogen-bond acceptors (Lipinski definition) is 4. The lowest BCUT2D eigenvalue weighted by Gasteiger charge is -2.18. The zero-order valence-corrected chi connectivity index (χ0v) is 15.1. The molecule has 2 aromatic carbocycles. The topological polar surface area (TPSA) is 59.6 Å². The van der Waals surface area contributed by atoms with Gasteiger partial charge in [-0.15, -0.1) is 0 Å². The quantitative estimate of drug-likeness (QED) is 0.767. The third-order valence-electron chi connectivity index (χ3n) is 3.81. The van der Waals surface area contributed by atoms with Crippen LogP contribution in [0.5, 0.6) is 11.5 Å². The Bertz CT molecular complexity index is 781. The van der Waals surface area contributed by atoms with Crippen molar-refractivity contribution in [2.24, 2.45) is 0 Å². The van der Waals surface area contributed by atoms with Crippen molar-refractivity contribution in [1.29, 1.82) is 0 Å². The number of hydrogen-bond donors (Lipinski definition) is 2. The minimum absolute atomic E-state index is 0.102. The molecule has 0 saturated carbocycles. The van der Waals surface area contributed by atoms with Crippen molar-refractivity contribution in [1.82, 2.24) is 0 Å². The van der Waals surface area contributed by atoms with E-state index in [0.717, 1.165) is 16.8 Å². The highest BCUT2D eigenvalue weighted by atomic mass is 19.3. The van der Waals surface area contributed by atoms with Gasteiger partial charge in [0.25, 0.3) is 0 Å². The fourth-order valence-corrected chi connectivity index (χ4v) is 2.38. The second kappa shape index (κ2) is 8.51. The Labute approximate surface area is 151 Å². The number of benzene rings is 2. The minimum atomic E-state index is -2.97. The highest BCUT2D eigenvalue weighted by molar-refractivity contribution is 5.96. The maximum Gasteiger partial charge on any atom is 0.387 e. The van der Waals surface area contributed by atoms with E-state index in [9.17, 15) is 13.6 Å². The van der Waals surface area contributed by atoms with E-state index in [2.05, 4.69) is 15.4 Å². The molecule has 0 aliphatic rings. The predicted molar refractivity (Wildman–Crippen MR) is 97.3 cm³/mol. The molecule has 140 valence electrons. The van der Waals surface area contributed by atoms with Crippen molar-refractivity contribution in [3.63, 3.8) is 0 Å². The molecule has 0 bridgehead atoms. The van der Waals surface area contributed by atoms with E-state index in [-0.39, 0.29) is 17.4 Å². The van der Waals surface area contributed by atoms with E-state index < -0.39 is 12.7 Å². The SMILES string of the molecule is COc1ccc(NC(C)C(=O)Nc2cc(C)ccc2C)cc1OC(F)F. The van der Waals surface area contributed by atoms with Gasteiger partial charge in [-0.05, 0) is 50.1 Å². The normalized spacial score (nSPS) is 11.8. The van der Waals surface area contributed by atoms with Crippen molar-refractivity contribution in [2.75, 3.05) is 17.7 Å². The average molecular weight is 364 g/mol. The van der Waals surface area contributed by atoms with E-state index in [0.29, 0.717) is 5.69 Å². The van der Waals surface area contributed by atoms with Gasteiger partial charge in [-0.2, -0.15) is 8.78 Å². The molecule has 5 nitrogen and oxygen atoms in total. The Morgan fingerprint density at radius 3 is 2.46 bits per heavy atom. The summed E-state index contributed by atoms with van der Waals surface area (Å²) >= 11 is 0. The molecular formula is C19H22F2N2O3. The molecule has 1 amide bonds. The van der Waals surface area contributed by atoms with Gasteiger partial charge in [0.2, 0.25) is 5.91 Å². The first-order valence-electron chi connectivity index (χ1n) is 8.07. The smallest absolute Gasteiger partial charge is 0.387 e. The zero-order chi connectivity index (χ0) is 19.3. The van der Waals surface area contributed by atoms with Crippen LogP contribution in [0.4, 0.5) is 20.2 Å². The van der Waals surface area contributed by atoms with Crippen LogP contribution in [-0.2, 0) is 4.79 Å². The van der Waals surface area contributed by atoms with E-state index in [1.54, 1.807) is 13.0 Å². The summed E-state index contributed by atoms with van der Waals surface area (Å²) in [6.45, 7) is 2.56. The number of amides is 1. The van der Waals surface area contributed by atoms with Crippen molar-refractivity contribution in [3.05, 3.63) is 47.5 Å².